The average molecular weight is 319 g/mol. The number of nitrogens with one attached hydrogen (secondary N) is 1. The molecule has 1 atom stereocenters. The van der Waals surface area contributed by atoms with Crippen LogP contribution in [0.4, 0.5) is 0 Å². The third-order valence-corrected chi connectivity index (χ3v) is 4.21. The lowest BCUT2D eigenvalue weighted by atomic mass is 9.99. The first-order valence-electron chi connectivity index (χ1n) is 8.08. The Hall–Kier alpha value is -2.81. The number of carbonyl (C=O) groups is 1. The minimum Gasteiger partial charge on any atom is -0.496 e. The van der Waals surface area contributed by atoms with Crippen LogP contribution in [0.1, 0.15) is 24.1 Å². The zero-order valence-corrected chi connectivity index (χ0v) is 14.0. The van der Waals surface area contributed by atoms with Crippen LogP contribution in [0, 0.1) is 0 Å². The maximum absolute atomic E-state index is 12.4. The SMILES string of the molecule is COc1ccccc1CC(=O)N[C@@H](C)c1cccc2ccccc12. The number of methoxy groups -OCH3 is 1. The molecule has 0 unspecified atom stereocenters. The number of ether oxygens (including phenoxy) is 1. The van der Waals surface area contributed by atoms with E-state index in [1.54, 1.807) is 7.11 Å². The molecule has 0 radical (unpaired) electrons. The summed E-state index contributed by atoms with van der Waals surface area (Å²) in [4.78, 5) is 12.4. The van der Waals surface area contributed by atoms with E-state index in [1.165, 1.54) is 10.8 Å². The molecule has 0 fully saturated rings. The highest BCUT2D eigenvalue weighted by atomic mass is 16.5. The Labute approximate surface area is 142 Å². The molecule has 24 heavy (non-hydrogen) atoms. The van der Waals surface area contributed by atoms with Gasteiger partial charge in [0.1, 0.15) is 5.75 Å². The van der Waals surface area contributed by atoms with Crippen molar-refractivity contribution in [3.05, 3.63) is 77.9 Å². The molecule has 0 aliphatic carbocycles. The van der Waals surface area contributed by atoms with Gasteiger partial charge in [-0.15, -0.1) is 0 Å². The Morgan fingerprint density at radius 2 is 1.71 bits per heavy atom. The molecule has 0 saturated carbocycles. The van der Waals surface area contributed by atoms with Crippen LogP contribution in [0.25, 0.3) is 10.8 Å². The topological polar surface area (TPSA) is 38.3 Å². The molecule has 1 amide bonds. The summed E-state index contributed by atoms with van der Waals surface area (Å²) in [7, 11) is 1.62. The van der Waals surface area contributed by atoms with Crippen LogP contribution >= 0.6 is 0 Å². The molecule has 0 heterocycles. The molecule has 3 aromatic carbocycles. The van der Waals surface area contributed by atoms with Crippen molar-refractivity contribution >= 4 is 16.7 Å². The summed E-state index contributed by atoms with van der Waals surface area (Å²) in [5.74, 6) is 0.727. The summed E-state index contributed by atoms with van der Waals surface area (Å²) in [6.45, 7) is 2.02. The zero-order chi connectivity index (χ0) is 16.9. The van der Waals surface area contributed by atoms with Crippen molar-refractivity contribution in [2.75, 3.05) is 7.11 Å². The monoisotopic (exact) mass is 319 g/mol. The van der Waals surface area contributed by atoms with Gasteiger partial charge in [0.2, 0.25) is 5.91 Å². The molecular formula is C21H21NO2. The maximum atomic E-state index is 12.4. The number of hydrogen-bond acceptors (Lipinski definition) is 2. The van der Waals surface area contributed by atoms with Crippen LogP contribution in [-0.2, 0) is 11.2 Å². The number of fused-ring (bicyclic) bond motifs is 1. The number of para-hydroxylation sites is 1. The van der Waals surface area contributed by atoms with Crippen molar-refractivity contribution < 1.29 is 9.53 Å². The Kier molecular flexibility index (Phi) is 4.80. The summed E-state index contributed by atoms with van der Waals surface area (Å²) >= 11 is 0. The summed E-state index contributed by atoms with van der Waals surface area (Å²) in [5, 5.41) is 5.45. The van der Waals surface area contributed by atoms with Gasteiger partial charge in [0.25, 0.3) is 0 Å². The molecule has 0 aromatic heterocycles. The minimum atomic E-state index is -0.0571. The Balaban J connectivity index is 1.76. The van der Waals surface area contributed by atoms with Crippen LogP contribution < -0.4 is 10.1 Å². The first-order valence-corrected chi connectivity index (χ1v) is 8.08. The number of rotatable bonds is 5. The predicted molar refractivity (Wildman–Crippen MR) is 97.2 cm³/mol. The molecule has 3 nitrogen and oxygen atoms in total. The molecule has 3 rings (SSSR count). The summed E-state index contributed by atoms with van der Waals surface area (Å²) in [6, 6.07) is 22.0. The molecule has 3 aromatic rings. The fourth-order valence-electron chi connectivity index (χ4n) is 3.02. The van der Waals surface area contributed by atoms with Gasteiger partial charge in [-0.25, -0.2) is 0 Å². The van der Waals surface area contributed by atoms with Crippen molar-refractivity contribution in [3.63, 3.8) is 0 Å². The molecule has 0 aliphatic rings. The predicted octanol–water partition coefficient (Wildman–Crippen LogP) is 4.27. The lowest BCUT2D eigenvalue weighted by molar-refractivity contribution is -0.121. The summed E-state index contributed by atoms with van der Waals surface area (Å²) in [6.07, 6.45) is 0.305. The molecule has 1 N–H and O–H groups in total. The quantitative estimate of drug-likeness (QED) is 0.763. The highest BCUT2D eigenvalue weighted by Gasteiger charge is 2.14. The van der Waals surface area contributed by atoms with Crippen molar-refractivity contribution in [2.45, 2.75) is 19.4 Å². The van der Waals surface area contributed by atoms with E-state index in [4.69, 9.17) is 4.74 Å². The van der Waals surface area contributed by atoms with Crippen molar-refractivity contribution in [3.8, 4) is 5.75 Å². The molecular weight excluding hydrogens is 298 g/mol. The van der Waals surface area contributed by atoms with Gasteiger partial charge in [-0.1, -0.05) is 60.7 Å². The van der Waals surface area contributed by atoms with Crippen LogP contribution in [0.15, 0.2) is 66.7 Å². The van der Waals surface area contributed by atoms with E-state index in [2.05, 4.69) is 29.6 Å². The van der Waals surface area contributed by atoms with Crippen molar-refractivity contribution in [1.29, 1.82) is 0 Å². The fourth-order valence-corrected chi connectivity index (χ4v) is 3.02. The molecule has 0 bridgehead atoms. The van der Waals surface area contributed by atoms with E-state index in [1.807, 2.05) is 49.4 Å². The first kappa shape index (κ1) is 16.1. The maximum Gasteiger partial charge on any atom is 0.225 e. The van der Waals surface area contributed by atoms with Gasteiger partial charge < -0.3 is 10.1 Å². The van der Waals surface area contributed by atoms with E-state index >= 15 is 0 Å². The zero-order valence-electron chi connectivity index (χ0n) is 14.0. The number of amides is 1. The van der Waals surface area contributed by atoms with Crippen molar-refractivity contribution in [1.82, 2.24) is 5.32 Å². The van der Waals surface area contributed by atoms with E-state index < -0.39 is 0 Å². The van der Waals surface area contributed by atoms with Crippen LogP contribution in [-0.4, -0.2) is 13.0 Å². The van der Waals surface area contributed by atoms with Crippen LogP contribution in [0.5, 0.6) is 5.75 Å². The molecule has 122 valence electrons. The van der Waals surface area contributed by atoms with Gasteiger partial charge >= 0.3 is 0 Å². The number of benzene rings is 3. The van der Waals surface area contributed by atoms with Gasteiger partial charge in [-0.3, -0.25) is 4.79 Å². The normalized spacial score (nSPS) is 11.9. The summed E-state index contributed by atoms with van der Waals surface area (Å²) < 4.78 is 5.31. The van der Waals surface area contributed by atoms with E-state index in [-0.39, 0.29) is 11.9 Å². The van der Waals surface area contributed by atoms with Gasteiger partial charge in [-0.05, 0) is 29.3 Å². The second kappa shape index (κ2) is 7.18. The smallest absolute Gasteiger partial charge is 0.225 e. The Bertz CT molecular complexity index is 852. The highest BCUT2D eigenvalue weighted by Crippen LogP contribution is 2.24. The van der Waals surface area contributed by atoms with E-state index in [0.29, 0.717) is 6.42 Å². The highest BCUT2D eigenvalue weighted by molar-refractivity contribution is 5.87. The Morgan fingerprint density at radius 3 is 2.54 bits per heavy atom. The second-order valence-electron chi connectivity index (χ2n) is 5.85. The third-order valence-electron chi connectivity index (χ3n) is 4.21. The van der Waals surface area contributed by atoms with E-state index in [0.717, 1.165) is 16.9 Å². The third kappa shape index (κ3) is 3.40. The molecule has 0 saturated heterocycles. The van der Waals surface area contributed by atoms with Crippen LogP contribution in [0.3, 0.4) is 0 Å². The molecule has 3 heteroatoms. The average Bonchev–Trinajstić information content (AvgIpc) is 2.61. The lowest BCUT2D eigenvalue weighted by Crippen LogP contribution is -2.28. The van der Waals surface area contributed by atoms with Gasteiger partial charge in [0.15, 0.2) is 0 Å². The molecule has 0 spiro atoms. The van der Waals surface area contributed by atoms with Gasteiger partial charge in [0, 0.05) is 5.56 Å². The van der Waals surface area contributed by atoms with Gasteiger partial charge in [-0.2, -0.15) is 0 Å². The number of hydrogen-bond donors (Lipinski definition) is 1. The van der Waals surface area contributed by atoms with Crippen LogP contribution in [0.2, 0.25) is 0 Å². The Morgan fingerprint density at radius 1 is 1.00 bits per heavy atom. The lowest BCUT2D eigenvalue weighted by Gasteiger charge is -2.17. The fraction of sp³-hybridized carbons (Fsp3) is 0.190. The second-order valence-corrected chi connectivity index (χ2v) is 5.85. The van der Waals surface area contributed by atoms with Crippen molar-refractivity contribution in [2.24, 2.45) is 0 Å². The molecule has 0 aliphatic heterocycles. The summed E-state index contributed by atoms with van der Waals surface area (Å²) in [5.41, 5.74) is 2.02. The minimum absolute atomic E-state index is 0.0139. The largest absolute Gasteiger partial charge is 0.496 e. The number of carbonyl (C=O) groups excluding carboxylic acids is 1. The first-order chi connectivity index (χ1) is 11.7. The van der Waals surface area contributed by atoms with Gasteiger partial charge in [0.05, 0.1) is 19.6 Å². The van der Waals surface area contributed by atoms with E-state index in [9.17, 15) is 4.79 Å². The standard InChI is InChI=1S/C21H21NO2/c1-15(18-12-7-10-16-8-3-5-11-19(16)18)22-21(23)14-17-9-4-6-13-20(17)24-2/h3-13,15H,14H2,1-2H3,(H,22,23)/t15-/m0/s1.